The van der Waals surface area contributed by atoms with Gasteiger partial charge < -0.3 is 10.6 Å². The maximum atomic E-state index is 12.0. The monoisotopic (exact) mass is 332 g/mol. The van der Waals surface area contributed by atoms with Gasteiger partial charge in [0.25, 0.3) is 0 Å². The van der Waals surface area contributed by atoms with E-state index in [1.807, 2.05) is 24.3 Å². The van der Waals surface area contributed by atoms with E-state index in [-0.39, 0.29) is 5.41 Å². The normalized spacial score (nSPS) is 12.5. The molecule has 0 saturated heterocycles. The van der Waals surface area contributed by atoms with Gasteiger partial charge in [-0.2, -0.15) is 0 Å². The summed E-state index contributed by atoms with van der Waals surface area (Å²) in [6.07, 6.45) is 4.40. The third-order valence-corrected chi connectivity index (χ3v) is 4.31. The first-order chi connectivity index (χ1) is 11.3. The lowest BCUT2D eigenvalue weighted by Crippen LogP contribution is -2.38. The van der Waals surface area contributed by atoms with Crippen LogP contribution in [0, 0.1) is 5.92 Å². The number of carbonyl (C=O) groups is 2. The third-order valence-electron chi connectivity index (χ3n) is 4.31. The van der Waals surface area contributed by atoms with Crippen molar-refractivity contribution in [1.29, 1.82) is 0 Å². The summed E-state index contributed by atoms with van der Waals surface area (Å²) >= 11 is 0. The highest BCUT2D eigenvalue weighted by molar-refractivity contribution is 6.39. The first-order valence-electron chi connectivity index (χ1n) is 8.97. The summed E-state index contributed by atoms with van der Waals surface area (Å²) in [6, 6.07) is 7.63. The van der Waals surface area contributed by atoms with Gasteiger partial charge in [0.15, 0.2) is 0 Å². The van der Waals surface area contributed by atoms with E-state index in [0.29, 0.717) is 18.2 Å². The number of hydrogen-bond donors (Lipinski definition) is 2. The first kappa shape index (κ1) is 20.2. The quantitative estimate of drug-likeness (QED) is 0.733. The number of nitrogens with one attached hydrogen (secondary N) is 2. The molecule has 0 aliphatic rings. The Morgan fingerprint density at radius 3 is 2.17 bits per heavy atom. The summed E-state index contributed by atoms with van der Waals surface area (Å²) in [7, 11) is 0. The van der Waals surface area contributed by atoms with Crippen molar-refractivity contribution in [3.8, 4) is 0 Å². The minimum Gasteiger partial charge on any atom is -0.348 e. The molecule has 1 atom stereocenters. The summed E-state index contributed by atoms with van der Waals surface area (Å²) in [4.78, 5) is 23.9. The van der Waals surface area contributed by atoms with Crippen molar-refractivity contribution in [2.75, 3.05) is 11.9 Å². The number of amides is 2. The van der Waals surface area contributed by atoms with Crippen LogP contribution in [0.15, 0.2) is 24.3 Å². The average Bonchev–Trinajstić information content (AvgIpc) is 2.54. The predicted molar refractivity (Wildman–Crippen MR) is 100 cm³/mol. The van der Waals surface area contributed by atoms with Gasteiger partial charge in [-0.1, -0.05) is 66.0 Å². The maximum Gasteiger partial charge on any atom is 0.313 e. The highest BCUT2D eigenvalue weighted by Crippen LogP contribution is 2.23. The molecule has 0 fully saturated rings. The zero-order valence-corrected chi connectivity index (χ0v) is 15.7. The largest absolute Gasteiger partial charge is 0.348 e. The Hall–Kier alpha value is -1.84. The van der Waals surface area contributed by atoms with Crippen LogP contribution < -0.4 is 10.6 Å². The molecular formula is C20H32N2O2. The molecule has 0 aliphatic carbocycles. The topological polar surface area (TPSA) is 58.2 Å². The molecule has 1 rings (SSSR count). The number of rotatable bonds is 7. The smallest absolute Gasteiger partial charge is 0.313 e. The number of carbonyl (C=O) groups excluding carboxylic acids is 2. The lowest BCUT2D eigenvalue weighted by molar-refractivity contribution is -0.136. The van der Waals surface area contributed by atoms with Crippen LogP contribution in [0.25, 0.3) is 0 Å². The van der Waals surface area contributed by atoms with E-state index in [1.165, 1.54) is 5.56 Å². The Labute approximate surface area is 146 Å². The number of benzene rings is 1. The molecule has 2 N–H and O–H groups in total. The van der Waals surface area contributed by atoms with Crippen molar-refractivity contribution in [3.05, 3.63) is 29.8 Å². The van der Waals surface area contributed by atoms with Gasteiger partial charge in [-0.05, 0) is 35.4 Å². The zero-order valence-electron chi connectivity index (χ0n) is 15.7. The van der Waals surface area contributed by atoms with Crippen LogP contribution in [0.2, 0.25) is 0 Å². The fraction of sp³-hybridized carbons (Fsp3) is 0.600. The molecule has 4 heteroatoms. The van der Waals surface area contributed by atoms with Crippen molar-refractivity contribution in [1.82, 2.24) is 5.32 Å². The van der Waals surface area contributed by atoms with E-state index in [4.69, 9.17) is 0 Å². The predicted octanol–water partition coefficient (Wildman–Crippen LogP) is 4.26. The van der Waals surface area contributed by atoms with Gasteiger partial charge in [0, 0.05) is 12.2 Å². The van der Waals surface area contributed by atoms with E-state index in [9.17, 15) is 9.59 Å². The minimum atomic E-state index is -0.608. The molecule has 24 heavy (non-hydrogen) atoms. The molecule has 134 valence electrons. The van der Waals surface area contributed by atoms with E-state index in [1.54, 1.807) is 0 Å². The highest BCUT2D eigenvalue weighted by Gasteiger charge is 2.17. The Bertz CT molecular complexity index is 530. The Balaban J connectivity index is 2.50. The van der Waals surface area contributed by atoms with Crippen LogP contribution in [0.5, 0.6) is 0 Å². The van der Waals surface area contributed by atoms with Gasteiger partial charge in [-0.25, -0.2) is 0 Å². The number of unbranched alkanes of at least 4 members (excludes halogenated alkanes) is 1. The third kappa shape index (κ3) is 6.73. The Kier molecular flexibility index (Phi) is 7.96. The number of anilines is 1. The highest BCUT2D eigenvalue weighted by atomic mass is 16.2. The second-order valence-corrected chi connectivity index (χ2v) is 7.41. The molecule has 1 aromatic rings. The lowest BCUT2D eigenvalue weighted by atomic mass is 9.87. The second kappa shape index (κ2) is 9.45. The minimum absolute atomic E-state index is 0.0631. The molecule has 0 bridgehead atoms. The van der Waals surface area contributed by atoms with E-state index in [0.717, 1.165) is 25.7 Å². The molecule has 0 saturated carbocycles. The van der Waals surface area contributed by atoms with Crippen molar-refractivity contribution in [2.24, 2.45) is 5.92 Å². The molecule has 1 aromatic carbocycles. The molecular weight excluding hydrogens is 300 g/mol. The van der Waals surface area contributed by atoms with Crippen molar-refractivity contribution in [2.45, 2.75) is 65.7 Å². The fourth-order valence-corrected chi connectivity index (χ4v) is 2.50. The molecule has 4 nitrogen and oxygen atoms in total. The molecule has 0 unspecified atom stereocenters. The zero-order chi connectivity index (χ0) is 18.2. The van der Waals surface area contributed by atoms with Gasteiger partial charge in [-0.3, -0.25) is 9.59 Å². The van der Waals surface area contributed by atoms with Crippen LogP contribution in [0.4, 0.5) is 5.69 Å². The van der Waals surface area contributed by atoms with Crippen molar-refractivity contribution >= 4 is 17.5 Å². The molecule has 0 aromatic heterocycles. The standard InChI is InChI=1S/C20H32N2O2/c1-6-8-9-15(7-2)14-21-18(23)19(24)22-17-12-10-16(11-13-17)20(3,4)5/h10-13,15H,6-9,14H2,1-5H3,(H,21,23)(H,22,24)/t15-/m1/s1. The molecule has 0 spiro atoms. The SMILES string of the molecule is CCCC[C@@H](CC)CNC(=O)C(=O)Nc1ccc(C(C)(C)C)cc1. The van der Waals surface area contributed by atoms with Gasteiger partial charge in [0.2, 0.25) is 0 Å². The number of hydrogen-bond acceptors (Lipinski definition) is 2. The van der Waals surface area contributed by atoms with E-state index >= 15 is 0 Å². The summed E-state index contributed by atoms with van der Waals surface area (Å²) in [5.41, 5.74) is 1.89. The maximum absolute atomic E-state index is 12.0. The van der Waals surface area contributed by atoms with Crippen LogP contribution in [0.3, 0.4) is 0 Å². The van der Waals surface area contributed by atoms with E-state index < -0.39 is 11.8 Å². The van der Waals surface area contributed by atoms with Gasteiger partial charge in [0.1, 0.15) is 0 Å². The molecule has 2 amide bonds. The lowest BCUT2D eigenvalue weighted by Gasteiger charge is -2.19. The van der Waals surface area contributed by atoms with Gasteiger partial charge in [0.05, 0.1) is 0 Å². The average molecular weight is 332 g/mol. The van der Waals surface area contributed by atoms with E-state index in [2.05, 4.69) is 45.3 Å². The first-order valence-corrected chi connectivity index (χ1v) is 8.97. The Morgan fingerprint density at radius 2 is 1.67 bits per heavy atom. The van der Waals surface area contributed by atoms with Crippen molar-refractivity contribution < 1.29 is 9.59 Å². The summed E-state index contributed by atoms with van der Waals surface area (Å²) in [5, 5.41) is 5.40. The second-order valence-electron chi connectivity index (χ2n) is 7.41. The fourth-order valence-electron chi connectivity index (χ4n) is 2.50. The van der Waals surface area contributed by atoms with Crippen LogP contribution in [-0.4, -0.2) is 18.4 Å². The van der Waals surface area contributed by atoms with Crippen LogP contribution in [0.1, 0.15) is 65.9 Å². The summed E-state index contributed by atoms with van der Waals surface area (Å²) in [5.74, 6) is -0.735. The Morgan fingerprint density at radius 1 is 1.04 bits per heavy atom. The van der Waals surface area contributed by atoms with Crippen molar-refractivity contribution in [3.63, 3.8) is 0 Å². The van der Waals surface area contributed by atoms with Crippen LogP contribution >= 0.6 is 0 Å². The molecule has 0 radical (unpaired) electrons. The summed E-state index contributed by atoms with van der Waals surface area (Å²) in [6.45, 7) is 11.2. The molecule has 0 heterocycles. The van der Waals surface area contributed by atoms with Crippen LogP contribution in [-0.2, 0) is 15.0 Å². The molecule has 0 aliphatic heterocycles. The summed E-state index contributed by atoms with van der Waals surface area (Å²) < 4.78 is 0. The van der Waals surface area contributed by atoms with Gasteiger partial charge in [-0.15, -0.1) is 0 Å². The van der Waals surface area contributed by atoms with Gasteiger partial charge >= 0.3 is 11.8 Å².